The number of benzene rings is 1. The maximum absolute atomic E-state index is 12.7. The Balaban J connectivity index is 2.23. The first-order chi connectivity index (χ1) is 9.75. The number of amides is 1. The van der Waals surface area contributed by atoms with Crippen molar-refractivity contribution in [1.82, 2.24) is 10.6 Å². The van der Waals surface area contributed by atoms with Crippen molar-refractivity contribution in [2.75, 3.05) is 13.1 Å². The Labute approximate surface area is 133 Å². The van der Waals surface area contributed by atoms with E-state index in [0.29, 0.717) is 6.54 Å². The third kappa shape index (κ3) is 3.30. The molecule has 0 aliphatic carbocycles. The summed E-state index contributed by atoms with van der Waals surface area (Å²) in [6, 6.07) is 6.32. The predicted molar refractivity (Wildman–Crippen MR) is 84.8 cm³/mol. The Hall–Kier alpha value is -0.920. The third-order valence-corrected chi connectivity index (χ3v) is 6.69. The van der Waals surface area contributed by atoms with Crippen LogP contribution in [0.1, 0.15) is 20.3 Å². The molecule has 1 saturated heterocycles. The van der Waals surface area contributed by atoms with Crippen LogP contribution in [0.25, 0.3) is 0 Å². The van der Waals surface area contributed by atoms with Gasteiger partial charge in [0.25, 0.3) is 0 Å². The summed E-state index contributed by atoms with van der Waals surface area (Å²) in [6.07, 6.45) is 0.820. The Bertz CT molecular complexity index is 620. The smallest absolute Gasteiger partial charge is 0.241 e. The normalized spacial score (nSPS) is 19.5. The summed E-state index contributed by atoms with van der Waals surface area (Å²) in [5.41, 5.74) is 0. The van der Waals surface area contributed by atoms with Crippen LogP contribution in [0.4, 0.5) is 0 Å². The van der Waals surface area contributed by atoms with Crippen molar-refractivity contribution in [3.05, 3.63) is 28.7 Å². The zero-order chi connectivity index (χ0) is 15.7. The lowest BCUT2D eigenvalue weighted by Crippen LogP contribution is -2.51. The highest BCUT2D eigenvalue weighted by molar-refractivity contribution is 9.10. The maximum Gasteiger partial charge on any atom is 0.241 e. The maximum atomic E-state index is 12.7. The van der Waals surface area contributed by atoms with Gasteiger partial charge in [-0.15, -0.1) is 0 Å². The van der Waals surface area contributed by atoms with Crippen molar-refractivity contribution < 1.29 is 13.2 Å². The quantitative estimate of drug-likeness (QED) is 0.836. The molecule has 2 rings (SSSR count). The predicted octanol–water partition coefficient (Wildman–Crippen LogP) is 1.48. The Morgan fingerprint density at radius 2 is 1.95 bits per heavy atom. The van der Waals surface area contributed by atoms with E-state index in [4.69, 9.17) is 0 Å². The van der Waals surface area contributed by atoms with Crippen LogP contribution >= 0.6 is 15.9 Å². The molecule has 0 spiro atoms. The van der Waals surface area contributed by atoms with Crippen LogP contribution in [0.15, 0.2) is 33.6 Å². The van der Waals surface area contributed by atoms with E-state index in [1.807, 2.05) is 0 Å². The van der Waals surface area contributed by atoms with Crippen LogP contribution in [0.5, 0.6) is 0 Å². The lowest BCUT2D eigenvalue weighted by molar-refractivity contribution is -0.123. The highest BCUT2D eigenvalue weighted by atomic mass is 79.9. The summed E-state index contributed by atoms with van der Waals surface area (Å²) < 4.78 is 24.7. The molecule has 1 unspecified atom stereocenters. The summed E-state index contributed by atoms with van der Waals surface area (Å²) in [5.74, 6) is -0.459. The van der Waals surface area contributed by atoms with E-state index in [0.717, 1.165) is 17.4 Å². The number of carbonyl (C=O) groups excluding carboxylic acids is 1. The van der Waals surface area contributed by atoms with Crippen molar-refractivity contribution >= 4 is 31.7 Å². The lowest BCUT2D eigenvalue weighted by Gasteiger charge is -2.25. The summed E-state index contributed by atoms with van der Waals surface area (Å²) in [7, 11) is -3.75. The molecule has 5 nitrogen and oxygen atoms in total. The fourth-order valence-corrected chi connectivity index (χ4v) is 3.82. The average molecular weight is 375 g/mol. The molecule has 1 aromatic carbocycles. The Kier molecular flexibility index (Phi) is 4.75. The molecule has 116 valence electrons. The van der Waals surface area contributed by atoms with Gasteiger partial charge in [0.15, 0.2) is 9.84 Å². The summed E-state index contributed by atoms with van der Waals surface area (Å²) in [6.45, 7) is 4.41. The molecule has 2 N–H and O–H groups in total. The molecule has 7 heteroatoms. The van der Waals surface area contributed by atoms with Gasteiger partial charge in [-0.2, -0.15) is 0 Å². The van der Waals surface area contributed by atoms with Crippen molar-refractivity contribution in [3.63, 3.8) is 0 Å². The fraction of sp³-hybridized carbons (Fsp3) is 0.500. The monoisotopic (exact) mass is 374 g/mol. The van der Waals surface area contributed by atoms with Gasteiger partial charge in [0.1, 0.15) is 4.75 Å². The van der Waals surface area contributed by atoms with E-state index in [2.05, 4.69) is 26.6 Å². The molecule has 1 heterocycles. The van der Waals surface area contributed by atoms with E-state index < -0.39 is 20.5 Å². The van der Waals surface area contributed by atoms with Crippen molar-refractivity contribution in [3.8, 4) is 0 Å². The van der Waals surface area contributed by atoms with E-state index in [1.54, 1.807) is 12.1 Å². The number of hydrogen-bond donors (Lipinski definition) is 2. The zero-order valence-corrected chi connectivity index (χ0v) is 14.4. The average Bonchev–Trinajstić information content (AvgIpc) is 2.91. The summed E-state index contributed by atoms with van der Waals surface area (Å²) >= 11 is 3.27. The second-order valence-corrected chi connectivity index (χ2v) is 9.05. The van der Waals surface area contributed by atoms with Crippen LogP contribution in [-0.2, 0) is 14.6 Å². The summed E-state index contributed by atoms with van der Waals surface area (Å²) in [4.78, 5) is 12.5. The van der Waals surface area contributed by atoms with E-state index in [1.165, 1.54) is 26.0 Å². The van der Waals surface area contributed by atoms with Gasteiger partial charge in [-0.05, 0) is 51.1 Å². The Morgan fingerprint density at radius 3 is 2.48 bits per heavy atom. The van der Waals surface area contributed by atoms with Gasteiger partial charge in [-0.1, -0.05) is 15.9 Å². The molecule has 1 amide bonds. The molecule has 21 heavy (non-hydrogen) atoms. The van der Waals surface area contributed by atoms with Crippen LogP contribution in [0.2, 0.25) is 0 Å². The Morgan fingerprint density at radius 1 is 1.33 bits per heavy atom. The van der Waals surface area contributed by atoms with E-state index >= 15 is 0 Å². The molecule has 1 atom stereocenters. The van der Waals surface area contributed by atoms with Crippen LogP contribution in [0.3, 0.4) is 0 Å². The highest BCUT2D eigenvalue weighted by Crippen LogP contribution is 2.27. The zero-order valence-electron chi connectivity index (χ0n) is 12.0. The molecule has 1 fully saturated rings. The molecule has 1 aromatic rings. The first-order valence-electron chi connectivity index (χ1n) is 6.77. The molecule has 1 aliphatic rings. The van der Waals surface area contributed by atoms with Gasteiger partial charge in [0.2, 0.25) is 5.91 Å². The highest BCUT2D eigenvalue weighted by Gasteiger charge is 2.43. The molecule has 0 radical (unpaired) electrons. The largest absolute Gasteiger partial charge is 0.351 e. The number of carbonyl (C=O) groups is 1. The summed E-state index contributed by atoms with van der Waals surface area (Å²) in [5, 5.41) is 5.95. The SMILES string of the molecule is CC(C)(C(=O)NC1CCNC1)S(=O)(=O)c1ccc(Br)cc1. The number of nitrogens with one attached hydrogen (secondary N) is 2. The second-order valence-electron chi connectivity index (χ2n) is 5.63. The molecule has 0 saturated carbocycles. The van der Waals surface area contributed by atoms with Crippen LogP contribution < -0.4 is 10.6 Å². The fourth-order valence-electron chi connectivity index (χ4n) is 2.17. The number of halogens is 1. The van der Waals surface area contributed by atoms with Crippen molar-refractivity contribution in [2.24, 2.45) is 0 Å². The molecule has 0 aromatic heterocycles. The van der Waals surface area contributed by atoms with Crippen molar-refractivity contribution in [2.45, 2.75) is 36.0 Å². The van der Waals surface area contributed by atoms with Gasteiger partial charge in [-0.25, -0.2) is 8.42 Å². The van der Waals surface area contributed by atoms with Gasteiger partial charge in [0.05, 0.1) is 4.90 Å². The molecular weight excluding hydrogens is 356 g/mol. The topological polar surface area (TPSA) is 75.3 Å². The minimum Gasteiger partial charge on any atom is -0.351 e. The number of sulfone groups is 1. The third-order valence-electron chi connectivity index (χ3n) is 3.74. The van der Waals surface area contributed by atoms with Gasteiger partial charge < -0.3 is 10.6 Å². The standard InChI is InChI=1S/C14H19BrN2O3S/c1-14(2,13(18)17-11-7-8-16-9-11)21(19,20)12-5-3-10(15)4-6-12/h3-6,11,16H,7-9H2,1-2H3,(H,17,18). The number of hydrogen-bond acceptors (Lipinski definition) is 4. The number of rotatable bonds is 4. The molecule has 0 bridgehead atoms. The van der Waals surface area contributed by atoms with Crippen LogP contribution in [-0.4, -0.2) is 38.2 Å². The van der Waals surface area contributed by atoms with Gasteiger partial charge in [-0.3, -0.25) is 4.79 Å². The van der Waals surface area contributed by atoms with Crippen molar-refractivity contribution in [1.29, 1.82) is 0 Å². The molecular formula is C14H19BrN2O3S. The van der Waals surface area contributed by atoms with E-state index in [9.17, 15) is 13.2 Å². The second kappa shape index (κ2) is 6.06. The van der Waals surface area contributed by atoms with Crippen LogP contribution in [0, 0.1) is 0 Å². The van der Waals surface area contributed by atoms with Gasteiger partial charge in [0, 0.05) is 17.1 Å². The van der Waals surface area contributed by atoms with Gasteiger partial charge >= 0.3 is 0 Å². The minimum absolute atomic E-state index is 0.00288. The molecule has 1 aliphatic heterocycles. The van der Waals surface area contributed by atoms with E-state index in [-0.39, 0.29) is 10.9 Å². The first kappa shape index (κ1) is 16.5. The minimum atomic E-state index is -3.75. The first-order valence-corrected chi connectivity index (χ1v) is 9.04. The lowest BCUT2D eigenvalue weighted by atomic mass is 10.1.